The number of hydroxylamine groups is 2. The Morgan fingerprint density at radius 2 is 1.21 bits per heavy atom. The highest BCUT2D eigenvalue weighted by Crippen LogP contribution is 2.42. The molecule has 7 nitrogen and oxygen atoms in total. The van der Waals surface area contributed by atoms with Crippen LogP contribution in [0.2, 0.25) is 18.1 Å². The number of nitrogens with zero attached hydrogens (tertiary/aromatic N) is 1. The van der Waals surface area contributed by atoms with Crippen LogP contribution in [0.3, 0.4) is 0 Å². The van der Waals surface area contributed by atoms with E-state index in [1.807, 2.05) is 103 Å². The molecule has 228 valence electrons. The molecule has 1 fully saturated rings. The Morgan fingerprint density at radius 1 is 0.721 bits per heavy atom. The molecular formula is C35H43NO6Si. The number of amides is 1. The van der Waals surface area contributed by atoms with Crippen LogP contribution in [0.1, 0.15) is 37.5 Å². The summed E-state index contributed by atoms with van der Waals surface area (Å²) >= 11 is 0. The molecule has 0 unspecified atom stereocenters. The summed E-state index contributed by atoms with van der Waals surface area (Å²) < 4.78 is 26.3. The smallest absolute Gasteiger partial charge is 0.434 e. The Labute approximate surface area is 256 Å². The van der Waals surface area contributed by atoms with E-state index in [1.54, 1.807) is 0 Å². The zero-order valence-electron chi connectivity index (χ0n) is 25.7. The van der Waals surface area contributed by atoms with E-state index in [0.717, 1.165) is 16.7 Å². The van der Waals surface area contributed by atoms with Gasteiger partial charge >= 0.3 is 6.09 Å². The molecule has 0 radical (unpaired) electrons. The van der Waals surface area contributed by atoms with Gasteiger partial charge in [-0.05, 0) is 34.8 Å². The van der Waals surface area contributed by atoms with Crippen LogP contribution in [-0.2, 0) is 43.3 Å². The molecule has 43 heavy (non-hydrogen) atoms. The topological polar surface area (TPSA) is 66.5 Å². The van der Waals surface area contributed by atoms with E-state index in [-0.39, 0.29) is 11.6 Å². The summed E-state index contributed by atoms with van der Waals surface area (Å²) in [5.74, 6) is 0. The molecule has 8 heteroatoms. The van der Waals surface area contributed by atoms with Crippen molar-refractivity contribution in [3.63, 3.8) is 0 Å². The van der Waals surface area contributed by atoms with Crippen LogP contribution < -0.4 is 0 Å². The van der Waals surface area contributed by atoms with Crippen LogP contribution in [0.5, 0.6) is 0 Å². The largest absolute Gasteiger partial charge is 0.443 e. The number of carbonyl (C=O) groups excluding carboxylic acids is 1. The monoisotopic (exact) mass is 601 g/mol. The van der Waals surface area contributed by atoms with E-state index in [9.17, 15) is 4.79 Å². The lowest BCUT2D eigenvalue weighted by molar-refractivity contribution is -0.207. The Kier molecular flexibility index (Phi) is 9.84. The van der Waals surface area contributed by atoms with Crippen LogP contribution >= 0.6 is 0 Å². The lowest BCUT2D eigenvalue weighted by Gasteiger charge is -2.43. The Bertz CT molecular complexity index is 1350. The average Bonchev–Trinajstić information content (AvgIpc) is 3.21. The summed E-state index contributed by atoms with van der Waals surface area (Å²) in [6, 6.07) is 29.1. The van der Waals surface area contributed by atoms with Crippen molar-refractivity contribution in [2.45, 2.75) is 89.2 Å². The first-order valence-corrected chi connectivity index (χ1v) is 17.9. The van der Waals surface area contributed by atoms with Crippen LogP contribution in [0, 0.1) is 0 Å². The van der Waals surface area contributed by atoms with Crippen molar-refractivity contribution >= 4 is 14.4 Å². The van der Waals surface area contributed by atoms with Crippen LogP contribution in [0.15, 0.2) is 103 Å². The Balaban J connectivity index is 1.48. The number of hydrogen-bond donors (Lipinski definition) is 0. The SMILES string of the molecule is CC(C)(C)[Si](C)(C)O[C@@H]1[C@@H](OCc2ccccc2)[C@H]2C=C[C@H](ON2C(=O)OCc2ccccc2)[C@H]1OCc1ccccc1. The summed E-state index contributed by atoms with van der Waals surface area (Å²) in [5, 5.41) is 1.26. The highest BCUT2D eigenvalue weighted by Gasteiger charge is 2.54. The molecular weight excluding hydrogens is 558 g/mol. The van der Waals surface area contributed by atoms with Gasteiger partial charge in [-0.2, -0.15) is 5.06 Å². The van der Waals surface area contributed by atoms with Crippen molar-refractivity contribution in [3.05, 3.63) is 120 Å². The minimum Gasteiger partial charge on any atom is -0.443 e. The third-order valence-corrected chi connectivity index (χ3v) is 13.0. The molecule has 1 aliphatic carbocycles. The van der Waals surface area contributed by atoms with Crippen molar-refractivity contribution in [2.24, 2.45) is 0 Å². The van der Waals surface area contributed by atoms with Crippen molar-refractivity contribution in [1.82, 2.24) is 5.06 Å². The van der Waals surface area contributed by atoms with Crippen molar-refractivity contribution in [1.29, 1.82) is 0 Å². The highest BCUT2D eigenvalue weighted by molar-refractivity contribution is 6.74. The number of hydrogen-bond acceptors (Lipinski definition) is 6. The van der Waals surface area contributed by atoms with Gasteiger partial charge < -0.3 is 18.6 Å². The van der Waals surface area contributed by atoms with Gasteiger partial charge in [0.2, 0.25) is 0 Å². The second kappa shape index (κ2) is 13.6. The maximum absolute atomic E-state index is 13.6. The number of fused-ring (bicyclic) bond motifs is 3. The number of ether oxygens (including phenoxy) is 3. The maximum atomic E-state index is 13.6. The van der Waals surface area contributed by atoms with E-state index in [2.05, 4.69) is 33.9 Å². The molecule has 0 N–H and O–H groups in total. The van der Waals surface area contributed by atoms with E-state index in [1.165, 1.54) is 5.06 Å². The number of carbonyl (C=O) groups is 1. The van der Waals surface area contributed by atoms with Gasteiger partial charge in [-0.1, -0.05) is 124 Å². The number of benzene rings is 3. The third kappa shape index (κ3) is 7.63. The molecule has 0 aromatic heterocycles. The molecule has 6 rings (SSSR count). The predicted octanol–water partition coefficient (Wildman–Crippen LogP) is 7.44. The van der Waals surface area contributed by atoms with Crippen LogP contribution in [0.25, 0.3) is 0 Å². The summed E-state index contributed by atoms with van der Waals surface area (Å²) in [6.07, 6.45) is 1.16. The van der Waals surface area contributed by atoms with Gasteiger partial charge in [0.05, 0.1) is 13.2 Å². The van der Waals surface area contributed by atoms with Gasteiger partial charge in [0.25, 0.3) is 0 Å². The molecule has 0 spiro atoms. The van der Waals surface area contributed by atoms with Gasteiger partial charge in [0.15, 0.2) is 8.32 Å². The van der Waals surface area contributed by atoms with E-state index in [0.29, 0.717) is 13.2 Å². The summed E-state index contributed by atoms with van der Waals surface area (Å²) in [4.78, 5) is 20.0. The van der Waals surface area contributed by atoms with E-state index >= 15 is 0 Å². The molecule has 1 amide bonds. The fourth-order valence-corrected chi connectivity index (χ4v) is 6.34. The second-order valence-electron chi connectivity index (χ2n) is 12.7. The molecule has 2 aliphatic heterocycles. The minimum absolute atomic E-state index is 0.0606. The quantitative estimate of drug-likeness (QED) is 0.178. The lowest BCUT2D eigenvalue weighted by Crippen LogP contribution is -2.56. The summed E-state index contributed by atoms with van der Waals surface area (Å²) in [5.41, 5.74) is 2.96. The lowest BCUT2D eigenvalue weighted by atomic mass is 10.0. The van der Waals surface area contributed by atoms with Gasteiger partial charge in [-0.15, -0.1) is 0 Å². The Hall–Kier alpha value is -3.27. The first kappa shape index (κ1) is 31.2. The first-order valence-electron chi connectivity index (χ1n) is 15.0. The molecule has 2 bridgehead atoms. The standard InChI is InChI=1S/C35H43NO6Si/c1-35(2,3)43(4,5)42-33-31(38-23-26-15-9-6-10-16-26)29-21-22-30(32(33)39-24-27-17-11-7-12-18-27)41-36(29)34(37)40-25-28-19-13-8-14-20-28/h6-22,29-33H,23-25H2,1-5H3/t29-,30+,31+,32-,33-/m1/s1. The van der Waals surface area contributed by atoms with Gasteiger partial charge in [0, 0.05) is 0 Å². The van der Waals surface area contributed by atoms with Crippen molar-refractivity contribution in [3.8, 4) is 0 Å². The van der Waals surface area contributed by atoms with Crippen molar-refractivity contribution in [2.75, 3.05) is 0 Å². The molecule has 3 aliphatic rings. The van der Waals surface area contributed by atoms with Crippen LogP contribution in [-0.4, -0.2) is 49.9 Å². The zero-order valence-corrected chi connectivity index (χ0v) is 26.7. The average molecular weight is 602 g/mol. The Morgan fingerprint density at radius 3 is 1.72 bits per heavy atom. The molecule has 1 saturated heterocycles. The van der Waals surface area contributed by atoms with Gasteiger partial charge in [-0.3, -0.25) is 4.84 Å². The predicted molar refractivity (Wildman–Crippen MR) is 168 cm³/mol. The van der Waals surface area contributed by atoms with Gasteiger partial charge in [-0.25, -0.2) is 4.79 Å². The van der Waals surface area contributed by atoms with E-state index < -0.39 is 44.9 Å². The minimum atomic E-state index is -2.33. The molecule has 3 aromatic rings. The molecule has 2 heterocycles. The van der Waals surface area contributed by atoms with E-state index in [4.69, 9.17) is 23.5 Å². The number of rotatable bonds is 10. The summed E-state index contributed by atoms with van der Waals surface area (Å²) in [6.45, 7) is 11.9. The molecule has 0 saturated carbocycles. The zero-order chi connectivity index (χ0) is 30.5. The maximum Gasteiger partial charge on any atom is 0.434 e. The fourth-order valence-electron chi connectivity index (χ4n) is 5.03. The normalized spacial score (nSPS) is 23.7. The first-order chi connectivity index (χ1) is 20.6. The van der Waals surface area contributed by atoms with Crippen molar-refractivity contribution < 1.29 is 28.3 Å². The summed E-state index contributed by atoms with van der Waals surface area (Å²) in [7, 11) is -2.33. The molecule has 5 atom stereocenters. The third-order valence-electron chi connectivity index (χ3n) is 8.50. The molecule has 3 aromatic carbocycles. The van der Waals surface area contributed by atoms with Gasteiger partial charge in [0.1, 0.15) is 37.1 Å². The van der Waals surface area contributed by atoms with Crippen LogP contribution in [0.4, 0.5) is 4.79 Å². The fraction of sp³-hybridized carbons (Fsp3) is 0.400. The second-order valence-corrected chi connectivity index (χ2v) is 17.4. The highest BCUT2D eigenvalue weighted by atomic mass is 28.4.